The number of hydrogen-bond donors (Lipinski definition) is 2. The number of carbonyl (C=O) groups excluding carboxylic acids is 1. The fourth-order valence-corrected chi connectivity index (χ4v) is 3.83. The number of pyridine rings is 1. The predicted octanol–water partition coefficient (Wildman–Crippen LogP) is 4.63. The number of amides is 1. The summed E-state index contributed by atoms with van der Waals surface area (Å²) in [5.41, 5.74) is 7.98. The molecule has 2 N–H and O–H groups in total. The third kappa shape index (κ3) is 3.62. The highest BCUT2D eigenvalue weighted by Crippen LogP contribution is 2.27. The molecule has 160 valence electrons. The average molecular weight is 425 g/mol. The van der Waals surface area contributed by atoms with Gasteiger partial charge in [0.25, 0.3) is 5.91 Å². The van der Waals surface area contributed by atoms with Crippen molar-refractivity contribution in [2.45, 2.75) is 33.9 Å². The fraction of sp³-hybridized carbons (Fsp3) is 0.200. The first-order chi connectivity index (χ1) is 15.5. The second kappa shape index (κ2) is 7.92. The number of nitrogens with one attached hydrogen (secondary N) is 2. The Balaban J connectivity index is 1.40. The maximum absolute atomic E-state index is 11.8. The van der Waals surface area contributed by atoms with Crippen molar-refractivity contribution in [1.82, 2.24) is 25.1 Å². The van der Waals surface area contributed by atoms with Crippen molar-refractivity contribution in [3.8, 4) is 22.5 Å². The minimum absolute atomic E-state index is 0.0226. The quantitative estimate of drug-likeness (QED) is 0.488. The summed E-state index contributed by atoms with van der Waals surface area (Å²) in [5.74, 6) is 1.31. The van der Waals surface area contributed by atoms with E-state index in [9.17, 15) is 4.79 Å². The van der Waals surface area contributed by atoms with E-state index >= 15 is 0 Å². The Bertz CT molecular complexity index is 1320. The number of nitrogens with zero attached hydrogens (tertiary/aromatic N) is 4. The summed E-state index contributed by atoms with van der Waals surface area (Å²) in [4.78, 5) is 21.0. The number of carbonyl (C=O) groups is 1. The van der Waals surface area contributed by atoms with Crippen molar-refractivity contribution in [3.05, 3.63) is 77.1 Å². The molecular weight excluding hydrogens is 400 g/mol. The van der Waals surface area contributed by atoms with E-state index in [-0.39, 0.29) is 5.91 Å². The second-order valence-corrected chi connectivity index (χ2v) is 7.96. The lowest BCUT2D eigenvalue weighted by atomic mass is 10.0. The third-order valence-electron chi connectivity index (χ3n) is 5.83. The van der Waals surface area contributed by atoms with Crippen molar-refractivity contribution in [3.63, 3.8) is 0 Å². The van der Waals surface area contributed by atoms with E-state index in [0.717, 1.165) is 39.2 Å². The van der Waals surface area contributed by atoms with Crippen LogP contribution in [0, 0.1) is 13.8 Å². The Kier molecular flexibility index (Phi) is 4.93. The van der Waals surface area contributed by atoms with Crippen LogP contribution in [0.5, 0.6) is 0 Å². The summed E-state index contributed by atoms with van der Waals surface area (Å²) in [6.45, 7) is 7.36. The van der Waals surface area contributed by atoms with Gasteiger partial charge in [0.05, 0.1) is 0 Å². The lowest BCUT2D eigenvalue weighted by molar-refractivity contribution is 0.0966. The topological polar surface area (TPSA) is 84.7 Å². The van der Waals surface area contributed by atoms with E-state index < -0.39 is 0 Å². The van der Waals surface area contributed by atoms with Crippen LogP contribution in [0.4, 0.5) is 11.6 Å². The molecule has 0 bridgehead atoms. The Morgan fingerprint density at radius 2 is 1.81 bits per heavy atom. The van der Waals surface area contributed by atoms with Crippen LogP contribution in [-0.4, -0.2) is 25.7 Å². The Hall–Kier alpha value is -4.00. The van der Waals surface area contributed by atoms with Gasteiger partial charge in [-0.1, -0.05) is 24.3 Å². The van der Waals surface area contributed by atoms with Crippen LogP contribution in [-0.2, 0) is 13.1 Å². The van der Waals surface area contributed by atoms with Gasteiger partial charge in [0.2, 0.25) is 5.95 Å². The third-order valence-corrected chi connectivity index (χ3v) is 5.83. The zero-order valence-corrected chi connectivity index (χ0v) is 18.3. The van der Waals surface area contributed by atoms with Gasteiger partial charge in [-0.3, -0.25) is 9.78 Å². The lowest BCUT2D eigenvalue weighted by Crippen LogP contribution is -2.12. The summed E-state index contributed by atoms with van der Waals surface area (Å²) in [6.07, 6.45) is 1.91. The van der Waals surface area contributed by atoms with Crippen molar-refractivity contribution in [2.75, 3.05) is 5.32 Å². The Morgan fingerprint density at radius 3 is 2.56 bits per heavy atom. The molecule has 2 aromatic carbocycles. The van der Waals surface area contributed by atoms with Crippen LogP contribution in [0.2, 0.25) is 0 Å². The van der Waals surface area contributed by atoms with Crippen LogP contribution >= 0.6 is 0 Å². The molecule has 0 spiro atoms. The molecule has 1 aliphatic heterocycles. The Morgan fingerprint density at radius 1 is 1.03 bits per heavy atom. The number of aryl methyl sites for hydroxylation is 3. The first kappa shape index (κ1) is 19.9. The number of hydrogen-bond acceptors (Lipinski definition) is 5. The fourth-order valence-electron chi connectivity index (χ4n) is 3.83. The van der Waals surface area contributed by atoms with E-state index in [2.05, 4.69) is 45.8 Å². The molecule has 0 aliphatic carbocycles. The van der Waals surface area contributed by atoms with Crippen LogP contribution in [0.15, 0.2) is 54.7 Å². The lowest BCUT2D eigenvalue weighted by Gasteiger charge is -2.07. The molecule has 32 heavy (non-hydrogen) atoms. The van der Waals surface area contributed by atoms with E-state index in [1.165, 1.54) is 5.56 Å². The van der Waals surface area contributed by atoms with Crippen molar-refractivity contribution in [1.29, 1.82) is 0 Å². The largest absolute Gasteiger partial charge is 0.348 e. The van der Waals surface area contributed by atoms with Gasteiger partial charge in [-0.15, -0.1) is 5.10 Å². The van der Waals surface area contributed by atoms with Gasteiger partial charge in [-0.05, 0) is 61.7 Å². The van der Waals surface area contributed by atoms with E-state index in [4.69, 9.17) is 4.98 Å². The molecule has 1 aliphatic rings. The summed E-state index contributed by atoms with van der Waals surface area (Å²) in [5, 5.41) is 10.9. The summed E-state index contributed by atoms with van der Waals surface area (Å²) >= 11 is 0. The first-order valence-electron chi connectivity index (χ1n) is 10.7. The van der Waals surface area contributed by atoms with Gasteiger partial charge in [0, 0.05) is 47.4 Å². The summed E-state index contributed by atoms with van der Waals surface area (Å²) in [6, 6.07) is 16.1. The monoisotopic (exact) mass is 424 g/mol. The molecule has 0 unspecified atom stereocenters. The number of fused-ring (bicyclic) bond motifs is 1. The number of anilines is 2. The van der Waals surface area contributed by atoms with E-state index in [0.29, 0.717) is 24.9 Å². The Labute approximate surface area is 186 Å². The normalized spacial score (nSPS) is 12.5. The van der Waals surface area contributed by atoms with Gasteiger partial charge in [0.1, 0.15) is 0 Å². The number of aromatic nitrogens is 4. The van der Waals surface area contributed by atoms with Crippen LogP contribution in [0.3, 0.4) is 0 Å². The maximum Gasteiger partial charge on any atom is 0.251 e. The molecule has 0 radical (unpaired) electrons. The van der Waals surface area contributed by atoms with E-state index in [1.807, 2.05) is 55.1 Å². The van der Waals surface area contributed by atoms with Crippen molar-refractivity contribution in [2.24, 2.45) is 0 Å². The number of rotatable bonds is 5. The van der Waals surface area contributed by atoms with Gasteiger partial charge < -0.3 is 10.6 Å². The molecule has 7 nitrogen and oxygen atoms in total. The molecular formula is C25H24N6O. The first-order valence-corrected chi connectivity index (χ1v) is 10.7. The zero-order chi connectivity index (χ0) is 22.2. The molecule has 0 saturated carbocycles. The molecule has 0 fully saturated rings. The zero-order valence-electron chi connectivity index (χ0n) is 18.3. The maximum atomic E-state index is 11.8. The predicted molar refractivity (Wildman–Crippen MR) is 125 cm³/mol. The molecule has 2 aromatic heterocycles. The molecule has 1 amide bonds. The molecule has 0 atom stereocenters. The van der Waals surface area contributed by atoms with Crippen LogP contribution in [0.25, 0.3) is 22.5 Å². The van der Waals surface area contributed by atoms with Crippen molar-refractivity contribution < 1.29 is 4.79 Å². The minimum atomic E-state index is -0.0226. The average Bonchev–Trinajstić information content (AvgIpc) is 3.39. The second-order valence-electron chi connectivity index (χ2n) is 7.96. The van der Waals surface area contributed by atoms with Gasteiger partial charge in [-0.2, -0.15) is 4.98 Å². The SMILES string of the molecule is CCn1nc(-c2ccc(-c3cnc(C)c(C)c3)cc2)nc1Nc1ccc2c(c1)CNC2=O. The van der Waals surface area contributed by atoms with E-state index in [1.54, 1.807) is 0 Å². The highest BCUT2D eigenvalue weighted by molar-refractivity contribution is 5.98. The standard InChI is InChI=1S/C25H24N6O/c1-4-31-25(28-21-9-10-22-20(12-21)14-27-24(22)32)29-23(30-31)18-7-5-17(6-8-18)19-11-15(2)16(3)26-13-19/h5-13H,4,14H2,1-3H3,(H,27,32)(H,28,29,30). The van der Waals surface area contributed by atoms with Crippen LogP contribution in [0.1, 0.15) is 34.1 Å². The molecule has 0 saturated heterocycles. The van der Waals surface area contributed by atoms with Crippen molar-refractivity contribution >= 4 is 17.5 Å². The molecule has 7 heteroatoms. The summed E-state index contributed by atoms with van der Waals surface area (Å²) in [7, 11) is 0. The molecule has 3 heterocycles. The highest BCUT2D eigenvalue weighted by Gasteiger charge is 2.19. The minimum Gasteiger partial charge on any atom is -0.348 e. The highest BCUT2D eigenvalue weighted by atomic mass is 16.1. The molecule has 5 rings (SSSR count). The van der Waals surface area contributed by atoms with Crippen LogP contribution < -0.4 is 10.6 Å². The van der Waals surface area contributed by atoms with Gasteiger partial charge in [0.15, 0.2) is 5.82 Å². The smallest absolute Gasteiger partial charge is 0.251 e. The molecule has 4 aromatic rings. The number of benzene rings is 2. The van der Waals surface area contributed by atoms with Gasteiger partial charge >= 0.3 is 0 Å². The van der Waals surface area contributed by atoms with Gasteiger partial charge in [-0.25, -0.2) is 4.68 Å². The summed E-state index contributed by atoms with van der Waals surface area (Å²) < 4.78 is 1.84.